The second-order valence-corrected chi connectivity index (χ2v) is 3.05. The van der Waals surface area contributed by atoms with E-state index in [0.717, 1.165) is 0 Å². The van der Waals surface area contributed by atoms with Gasteiger partial charge in [-0.15, -0.1) is 0 Å². The van der Waals surface area contributed by atoms with Gasteiger partial charge in [0.2, 0.25) is 5.91 Å². The first-order chi connectivity index (χ1) is 7.18. The largest absolute Gasteiger partial charge is 0.355 e. The number of halogens is 1. The maximum atomic E-state index is 12.7. The molecule has 0 spiro atoms. The molecule has 0 aliphatic rings. The van der Waals surface area contributed by atoms with Crippen LogP contribution < -0.4 is 5.32 Å². The molecule has 78 valence electrons. The van der Waals surface area contributed by atoms with Crippen molar-refractivity contribution in [2.24, 2.45) is 0 Å². The van der Waals surface area contributed by atoms with Crippen molar-refractivity contribution in [2.75, 3.05) is 6.54 Å². The minimum atomic E-state index is -0.288. The molecule has 0 aliphatic carbocycles. The van der Waals surface area contributed by atoms with Crippen LogP contribution in [0.3, 0.4) is 0 Å². The van der Waals surface area contributed by atoms with Crippen LogP contribution in [-0.4, -0.2) is 12.5 Å². The summed E-state index contributed by atoms with van der Waals surface area (Å²) in [5.74, 6) is 5.32. The summed E-state index contributed by atoms with van der Waals surface area (Å²) in [7, 11) is 0. The van der Waals surface area contributed by atoms with Crippen molar-refractivity contribution in [3.05, 3.63) is 35.6 Å². The molecule has 15 heavy (non-hydrogen) atoms. The third-order valence-corrected chi connectivity index (χ3v) is 1.68. The van der Waals surface area contributed by atoms with E-state index < -0.39 is 0 Å². The summed E-state index contributed by atoms with van der Waals surface area (Å²) < 4.78 is 12.7. The Hall–Kier alpha value is -1.82. The quantitative estimate of drug-likeness (QED) is 0.578. The van der Waals surface area contributed by atoms with Crippen molar-refractivity contribution in [2.45, 2.75) is 13.3 Å². The van der Waals surface area contributed by atoms with Crippen LogP contribution in [0.2, 0.25) is 0 Å². The molecule has 1 aromatic rings. The third-order valence-electron chi connectivity index (χ3n) is 1.68. The monoisotopic (exact) mass is 205 g/mol. The van der Waals surface area contributed by atoms with Gasteiger partial charge in [-0.3, -0.25) is 4.79 Å². The SMILES string of the molecule is CC(=O)NCCC#Cc1cccc(F)c1. The highest BCUT2D eigenvalue weighted by molar-refractivity contribution is 5.72. The van der Waals surface area contributed by atoms with Crippen molar-refractivity contribution in [3.8, 4) is 11.8 Å². The Kier molecular flexibility index (Phi) is 4.36. The van der Waals surface area contributed by atoms with Gasteiger partial charge in [-0.05, 0) is 18.2 Å². The second kappa shape index (κ2) is 5.82. The average molecular weight is 205 g/mol. The average Bonchev–Trinajstić information content (AvgIpc) is 2.17. The Morgan fingerprint density at radius 2 is 2.33 bits per heavy atom. The highest BCUT2D eigenvalue weighted by Gasteiger charge is 1.90. The van der Waals surface area contributed by atoms with E-state index in [2.05, 4.69) is 17.2 Å². The molecule has 3 heteroatoms. The maximum Gasteiger partial charge on any atom is 0.216 e. The Bertz CT molecular complexity index is 404. The summed E-state index contributed by atoms with van der Waals surface area (Å²) in [5, 5.41) is 2.63. The van der Waals surface area contributed by atoms with Crippen LogP contribution in [0, 0.1) is 17.7 Å². The molecule has 0 fully saturated rings. The first kappa shape index (κ1) is 11.3. The van der Waals surface area contributed by atoms with Gasteiger partial charge in [0.05, 0.1) is 0 Å². The standard InChI is InChI=1S/C12H12FNO/c1-10(15)14-8-3-2-5-11-6-4-7-12(13)9-11/h4,6-7,9H,3,8H2,1H3,(H,14,15). The van der Waals surface area contributed by atoms with Crippen LogP contribution in [0.4, 0.5) is 4.39 Å². The zero-order valence-electron chi connectivity index (χ0n) is 8.51. The van der Waals surface area contributed by atoms with Crippen LogP contribution in [0.1, 0.15) is 18.9 Å². The molecule has 1 amide bonds. The zero-order valence-corrected chi connectivity index (χ0v) is 8.51. The normalized spacial score (nSPS) is 8.93. The lowest BCUT2D eigenvalue weighted by Gasteiger charge is -1.94. The molecule has 2 nitrogen and oxygen atoms in total. The van der Waals surface area contributed by atoms with Gasteiger partial charge in [0.1, 0.15) is 5.82 Å². The van der Waals surface area contributed by atoms with Gasteiger partial charge in [-0.25, -0.2) is 4.39 Å². The van der Waals surface area contributed by atoms with E-state index in [4.69, 9.17) is 0 Å². The Morgan fingerprint density at radius 1 is 1.53 bits per heavy atom. The van der Waals surface area contributed by atoms with Crippen LogP contribution in [0.25, 0.3) is 0 Å². The number of nitrogens with one attached hydrogen (secondary N) is 1. The molecule has 0 radical (unpaired) electrons. The van der Waals surface area contributed by atoms with Crippen molar-refractivity contribution >= 4 is 5.91 Å². The predicted molar refractivity (Wildman–Crippen MR) is 56.6 cm³/mol. The number of carbonyl (C=O) groups is 1. The van der Waals surface area contributed by atoms with Gasteiger partial charge >= 0.3 is 0 Å². The van der Waals surface area contributed by atoms with E-state index in [1.807, 2.05) is 0 Å². The molecular formula is C12H12FNO. The third kappa shape index (κ3) is 4.82. The van der Waals surface area contributed by atoms with E-state index in [-0.39, 0.29) is 11.7 Å². The molecule has 0 atom stereocenters. The Labute approximate surface area is 88.5 Å². The van der Waals surface area contributed by atoms with E-state index in [9.17, 15) is 9.18 Å². The smallest absolute Gasteiger partial charge is 0.216 e. The van der Waals surface area contributed by atoms with Gasteiger partial charge < -0.3 is 5.32 Å². The van der Waals surface area contributed by atoms with Crippen molar-refractivity contribution in [3.63, 3.8) is 0 Å². The molecule has 0 saturated heterocycles. The highest BCUT2D eigenvalue weighted by atomic mass is 19.1. The van der Waals surface area contributed by atoms with Crippen molar-refractivity contribution in [1.29, 1.82) is 0 Å². The zero-order chi connectivity index (χ0) is 11.1. The summed E-state index contributed by atoms with van der Waals surface area (Å²) in [6, 6.07) is 6.12. The number of rotatable bonds is 2. The summed E-state index contributed by atoms with van der Waals surface area (Å²) in [5.41, 5.74) is 0.651. The molecule has 0 aromatic heterocycles. The number of carbonyl (C=O) groups excluding carboxylic acids is 1. The lowest BCUT2D eigenvalue weighted by atomic mass is 10.2. The van der Waals surface area contributed by atoms with Crippen LogP contribution in [0.5, 0.6) is 0 Å². The van der Waals surface area contributed by atoms with Gasteiger partial charge in [0, 0.05) is 25.5 Å². The molecule has 0 bridgehead atoms. The number of hydrogen-bond acceptors (Lipinski definition) is 1. The number of amides is 1. The van der Waals surface area contributed by atoms with Gasteiger partial charge in [0.15, 0.2) is 0 Å². The molecule has 0 unspecified atom stereocenters. The molecule has 0 heterocycles. The minimum Gasteiger partial charge on any atom is -0.355 e. The molecule has 0 saturated carbocycles. The molecule has 1 N–H and O–H groups in total. The van der Waals surface area contributed by atoms with Crippen LogP contribution in [0.15, 0.2) is 24.3 Å². The fourth-order valence-electron chi connectivity index (χ4n) is 1.03. The molecular weight excluding hydrogens is 193 g/mol. The fraction of sp³-hybridized carbons (Fsp3) is 0.250. The summed E-state index contributed by atoms with van der Waals surface area (Å²) in [4.78, 5) is 10.5. The van der Waals surface area contributed by atoms with E-state index >= 15 is 0 Å². The van der Waals surface area contributed by atoms with Gasteiger partial charge in [0.25, 0.3) is 0 Å². The van der Waals surface area contributed by atoms with Gasteiger partial charge in [-0.1, -0.05) is 17.9 Å². The van der Waals surface area contributed by atoms with E-state index in [0.29, 0.717) is 18.5 Å². The minimum absolute atomic E-state index is 0.0671. The summed E-state index contributed by atoms with van der Waals surface area (Å²) >= 11 is 0. The van der Waals surface area contributed by atoms with Crippen LogP contribution >= 0.6 is 0 Å². The second-order valence-electron chi connectivity index (χ2n) is 3.05. The Morgan fingerprint density at radius 3 is 3.00 bits per heavy atom. The molecule has 0 aliphatic heterocycles. The topological polar surface area (TPSA) is 29.1 Å². The lowest BCUT2D eigenvalue weighted by molar-refractivity contribution is -0.118. The maximum absolute atomic E-state index is 12.7. The van der Waals surface area contributed by atoms with Crippen LogP contribution in [-0.2, 0) is 4.79 Å². The molecule has 1 rings (SSSR count). The number of hydrogen-bond donors (Lipinski definition) is 1. The van der Waals surface area contributed by atoms with Crippen molar-refractivity contribution in [1.82, 2.24) is 5.32 Å². The molecule has 1 aromatic carbocycles. The Balaban J connectivity index is 2.41. The first-order valence-electron chi connectivity index (χ1n) is 4.67. The predicted octanol–water partition coefficient (Wildman–Crippen LogP) is 1.70. The summed E-state index contributed by atoms with van der Waals surface area (Å²) in [6.45, 7) is 1.98. The lowest BCUT2D eigenvalue weighted by Crippen LogP contribution is -2.20. The summed E-state index contributed by atoms with van der Waals surface area (Å²) in [6.07, 6.45) is 0.566. The van der Waals surface area contributed by atoms with Crippen molar-refractivity contribution < 1.29 is 9.18 Å². The van der Waals surface area contributed by atoms with E-state index in [1.54, 1.807) is 12.1 Å². The first-order valence-corrected chi connectivity index (χ1v) is 4.67. The van der Waals surface area contributed by atoms with Gasteiger partial charge in [-0.2, -0.15) is 0 Å². The van der Waals surface area contributed by atoms with E-state index in [1.165, 1.54) is 19.1 Å². The number of benzene rings is 1. The highest BCUT2D eigenvalue weighted by Crippen LogP contribution is 2.01. The fourth-order valence-corrected chi connectivity index (χ4v) is 1.03.